The van der Waals surface area contributed by atoms with Crippen molar-refractivity contribution in [3.05, 3.63) is 0 Å². The molecule has 2 saturated heterocycles. The number of ether oxygens (including phenoxy) is 4. The second-order valence-corrected chi connectivity index (χ2v) is 9.94. The summed E-state index contributed by atoms with van der Waals surface area (Å²) >= 11 is 0. The van der Waals surface area contributed by atoms with Gasteiger partial charge in [-0.2, -0.15) is 0 Å². The van der Waals surface area contributed by atoms with Crippen LogP contribution >= 0.6 is 0 Å². The minimum atomic E-state index is -1.20. The molecule has 2 aliphatic heterocycles. The van der Waals surface area contributed by atoms with Crippen LogP contribution in [0.1, 0.15) is 46.5 Å². The van der Waals surface area contributed by atoms with Gasteiger partial charge in [-0.25, -0.2) is 0 Å². The summed E-state index contributed by atoms with van der Waals surface area (Å²) in [6.07, 6.45) is -3.77. The van der Waals surface area contributed by atoms with Crippen molar-refractivity contribution in [3.63, 3.8) is 0 Å². The lowest BCUT2D eigenvalue weighted by molar-refractivity contribution is -0.315. The van der Waals surface area contributed by atoms with Crippen LogP contribution in [0.2, 0.25) is 0 Å². The van der Waals surface area contributed by atoms with E-state index < -0.39 is 60.6 Å². The van der Waals surface area contributed by atoms with E-state index in [1.807, 2.05) is 13.8 Å². The van der Waals surface area contributed by atoms with Gasteiger partial charge in [-0.15, -0.1) is 0 Å². The van der Waals surface area contributed by atoms with E-state index in [0.717, 1.165) is 6.42 Å². The Morgan fingerprint density at radius 1 is 1.00 bits per heavy atom. The molecule has 1 saturated carbocycles. The normalized spacial score (nSPS) is 51.4. The van der Waals surface area contributed by atoms with E-state index in [4.69, 9.17) is 41.9 Å². The van der Waals surface area contributed by atoms with Crippen molar-refractivity contribution < 1.29 is 34.3 Å². The van der Waals surface area contributed by atoms with E-state index in [0.29, 0.717) is 19.3 Å². The van der Waals surface area contributed by atoms with Crippen LogP contribution in [-0.2, 0) is 18.9 Å². The summed E-state index contributed by atoms with van der Waals surface area (Å²) in [6.45, 7) is 5.35. The first-order valence-corrected chi connectivity index (χ1v) is 11.6. The van der Waals surface area contributed by atoms with Crippen molar-refractivity contribution in [2.24, 2.45) is 28.9 Å². The number of nitrogens with two attached hydrogens (primary N) is 4. The monoisotopic (exact) mass is 462 g/mol. The van der Waals surface area contributed by atoms with Gasteiger partial charge in [0.1, 0.15) is 24.4 Å². The lowest BCUT2D eigenvalue weighted by Gasteiger charge is -2.48. The Morgan fingerprint density at radius 3 is 2.16 bits per heavy atom. The highest BCUT2D eigenvalue weighted by atomic mass is 16.7. The smallest absolute Gasteiger partial charge is 0.184 e. The van der Waals surface area contributed by atoms with Crippen LogP contribution in [0.25, 0.3) is 0 Å². The largest absolute Gasteiger partial charge is 0.388 e. The number of aliphatic hydroxyl groups excluding tert-OH is 2. The third-order valence-corrected chi connectivity index (χ3v) is 7.14. The predicted octanol–water partition coefficient (Wildman–Crippen LogP) is -2.15. The Morgan fingerprint density at radius 2 is 1.59 bits per heavy atom. The Kier molecular flexibility index (Phi) is 8.54. The maximum Gasteiger partial charge on any atom is 0.184 e. The molecule has 0 aromatic heterocycles. The lowest BCUT2D eigenvalue weighted by atomic mass is 9.80. The Bertz CT molecular complexity index is 613. The maximum absolute atomic E-state index is 11.1. The summed E-state index contributed by atoms with van der Waals surface area (Å²) in [5.74, 6) is -0.448. The molecule has 188 valence electrons. The molecule has 3 fully saturated rings. The Balaban J connectivity index is 1.69. The van der Waals surface area contributed by atoms with Crippen LogP contribution in [0.3, 0.4) is 0 Å². The van der Waals surface area contributed by atoms with Crippen LogP contribution < -0.4 is 22.9 Å². The fourth-order valence-electron chi connectivity index (χ4n) is 5.12. The van der Waals surface area contributed by atoms with Crippen molar-refractivity contribution >= 4 is 0 Å². The van der Waals surface area contributed by atoms with Gasteiger partial charge in [0, 0.05) is 24.0 Å². The summed E-state index contributed by atoms with van der Waals surface area (Å²) in [6, 6.07) is -1.73. The minimum absolute atomic E-state index is 0.00580. The third-order valence-electron chi connectivity index (χ3n) is 7.14. The van der Waals surface area contributed by atoms with Crippen LogP contribution in [0, 0.1) is 5.92 Å². The van der Waals surface area contributed by atoms with E-state index in [-0.39, 0.29) is 24.8 Å². The summed E-state index contributed by atoms with van der Waals surface area (Å²) in [4.78, 5) is 0. The number of rotatable bonds is 6. The SMILES string of the molecule is CC[C@@H]1C(O)[C@@H](O[C@@H]2C(O)C(O[C@@H]3OC([C@@H](C)N)CCC3N)[C@@H](N)C[C@H]2N)OC[C@]1(C)O. The first kappa shape index (κ1) is 26.2. The molecule has 0 aromatic carbocycles. The van der Waals surface area contributed by atoms with Gasteiger partial charge in [-0.05, 0) is 39.5 Å². The molecule has 0 amide bonds. The highest BCUT2D eigenvalue weighted by Crippen LogP contribution is 2.35. The number of hydrogen-bond acceptors (Lipinski definition) is 11. The van der Waals surface area contributed by atoms with E-state index in [9.17, 15) is 15.3 Å². The number of aliphatic hydroxyl groups is 3. The zero-order valence-electron chi connectivity index (χ0n) is 19.2. The zero-order chi connectivity index (χ0) is 23.8. The molecule has 0 spiro atoms. The van der Waals surface area contributed by atoms with Gasteiger partial charge in [-0.3, -0.25) is 0 Å². The highest BCUT2D eigenvalue weighted by Gasteiger charge is 2.50. The molecule has 0 radical (unpaired) electrons. The summed E-state index contributed by atoms with van der Waals surface area (Å²) in [7, 11) is 0. The van der Waals surface area contributed by atoms with E-state index in [1.165, 1.54) is 0 Å². The van der Waals surface area contributed by atoms with Crippen molar-refractivity contribution in [1.29, 1.82) is 0 Å². The van der Waals surface area contributed by atoms with Crippen molar-refractivity contribution in [1.82, 2.24) is 0 Å². The number of hydrogen-bond donors (Lipinski definition) is 7. The van der Waals surface area contributed by atoms with E-state index in [2.05, 4.69) is 0 Å². The molecule has 13 atom stereocenters. The molecule has 11 N–H and O–H groups in total. The van der Waals surface area contributed by atoms with Gasteiger partial charge in [0.25, 0.3) is 0 Å². The second kappa shape index (κ2) is 10.4. The fraction of sp³-hybridized carbons (Fsp3) is 1.00. The standard InChI is InChI=1S/C21H42N4O7/c1-4-10-15(26)20(29-8-21(10,3)28)32-18-13(25)7-12(24)17(16(18)27)31-19-11(23)5-6-14(30-19)9(2)22/h9-20,26-28H,4-8,22-25H2,1-3H3/t9-,10-,11?,12+,13-,14?,15?,16?,17?,18+,19+,20-,21+/m1/s1. The molecular formula is C21H42N4O7. The predicted molar refractivity (Wildman–Crippen MR) is 116 cm³/mol. The quantitative estimate of drug-likeness (QED) is 0.227. The van der Waals surface area contributed by atoms with Crippen LogP contribution in [-0.4, -0.2) is 94.8 Å². The van der Waals surface area contributed by atoms with E-state index in [1.54, 1.807) is 6.92 Å². The first-order valence-electron chi connectivity index (χ1n) is 11.6. The van der Waals surface area contributed by atoms with Gasteiger partial charge < -0.3 is 57.2 Å². The molecule has 5 unspecified atom stereocenters. The first-order chi connectivity index (χ1) is 15.0. The summed E-state index contributed by atoms with van der Waals surface area (Å²) in [5, 5.41) is 32.3. The van der Waals surface area contributed by atoms with Gasteiger partial charge in [0.2, 0.25) is 0 Å². The molecular weight excluding hydrogens is 420 g/mol. The van der Waals surface area contributed by atoms with Crippen molar-refractivity contribution in [2.45, 2.75) is 119 Å². The Labute approximate surface area is 189 Å². The van der Waals surface area contributed by atoms with Gasteiger partial charge in [0.15, 0.2) is 12.6 Å². The Hall–Kier alpha value is -0.440. The zero-order valence-corrected chi connectivity index (χ0v) is 19.2. The molecule has 32 heavy (non-hydrogen) atoms. The lowest BCUT2D eigenvalue weighted by Crippen LogP contribution is -2.66. The van der Waals surface area contributed by atoms with Crippen molar-refractivity contribution in [3.8, 4) is 0 Å². The van der Waals surface area contributed by atoms with Gasteiger partial charge in [0.05, 0.1) is 24.4 Å². The second-order valence-electron chi connectivity index (χ2n) is 9.94. The van der Waals surface area contributed by atoms with E-state index >= 15 is 0 Å². The van der Waals surface area contributed by atoms with Crippen LogP contribution in [0.4, 0.5) is 0 Å². The topological polar surface area (TPSA) is 202 Å². The minimum Gasteiger partial charge on any atom is -0.388 e. The molecule has 3 aliphatic rings. The molecule has 1 aliphatic carbocycles. The summed E-state index contributed by atoms with van der Waals surface area (Å²) < 4.78 is 23.5. The van der Waals surface area contributed by atoms with Gasteiger partial charge >= 0.3 is 0 Å². The molecule has 2 heterocycles. The average molecular weight is 463 g/mol. The van der Waals surface area contributed by atoms with Crippen molar-refractivity contribution in [2.75, 3.05) is 6.61 Å². The summed E-state index contributed by atoms with van der Waals surface area (Å²) in [5.41, 5.74) is 23.5. The molecule has 3 rings (SSSR count). The third kappa shape index (κ3) is 5.44. The van der Waals surface area contributed by atoms with Gasteiger partial charge in [-0.1, -0.05) is 6.92 Å². The molecule has 0 bridgehead atoms. The average Bonchev–Trinajstić information content (AvgIpc) is 2.71. The maximum atomic E-state index is 11.1. The highest BCUT2D eigenvalue weighted by molar-refractivity contribution is 5.00. The molecule has 0 aromatic rings. The molecule has 11 nitrogen and oxygen atoms in total. The fourth-order valence-corrected chi connectivity index (χ4v) is 5.12. The van der Waals surface area contributed by atoms with Crippen LogP contribution in [0.15, 0.2) is 0 Å². The van der Waals surface area contributed by atoms with Crippen LogP contribution in [0.5, 0.6) is 0 Å². The molecule has 11 heteroatoms.